The Kier molecular flexibility index (Phi) is 4.77. The summed E-state index contributed by atoms with van der Waals surface area (Å²) < 4.78 is 1.84. The molecule has 0 saturated heterocycles. The van der Waals surface area contributed by atoms with Gasteiger partial charge in [0.25, 0.3) is 0 Å². The van der Waals surface area contributed by atoms with Gasteiger partial charge in [0.1, 0.15) is 5.82 Å². The predicted octanol–water partition coefficient (Wildman–Crippen LogP) is 4.18. The number of aromatic nitrogens is 5. The van der Waals surface area contributed by atoms with Crippen molar-refractivity contribution >= 4 is 17.0 Å². The number of nitrogens with one attached hydrogen (secondary N) is 1. The molecule has 28 heavy (non-hydrogen) atoms. The van der Waals surface area contributed by atoms with Crippen molar-refractivity contribution in [2.45, 2.75) is 39.3 Å². The molecule has 1 N–H and O–H groups in total. The summed E-state index contributed by atoms with van der Waals surface area (Å²) in [7, 11) is 0. The highest BCUT2D eigenvalue weighted by atomic mass is 15.4. The van der Waals surface area contributed by atoms with Crippen molar-refractivity contribution in [2.75, 3.05) is 5.32 Å². The number of fused-ring (bicyclic) bond motifs is 1. The van der Waals surface area contributed by atoms with Gasteiger partial charge in [-0.25, -0.2) is 14.6 Å². The van der Waals surface area contributed by atoms with Crippen LogP contribution >= 0.6 is 0 Å². The topological polar surface area (TPSA) is 68.5 Å². The van der Waals surface area contributed by atoms with Gasteiger partial charge in [0.15, 0.2) is 17.0 Å². The van der Waals surface area contributed by atoms with Crippen LogP contribution in [0, 0.1) is 0 Å². The lowest BCUT2D eigenvalue weighted by atomic mass is 9.96. The van der Waals surface area contributed by atoms with Crippen LogP contribution in [0.15, 0.2) is 60.7 Å². The number of anilines is 1. The first-order valence-corrected chi connectivity index (χ1v) is 9.44. The van der Waals surface area contributed by atoms with Gasteiger partial charge >= 0.3 is 0 Å². The first kappa shape index (κ1) is 18.1. The molecule has 4 rings (SSSR count). The van der Waals surface area contributed by atoms with E-state index in [1.54, 1.807) is 0 Å². The van der Waals surface area contributed by atoms with Crippen LogP contribution < -0.4 is 5.32 Å². The Bertz CT molecular complexity index is 1060. The second-order valence-electron chi connectivity index (χ2n) is 7.89. The van der Waals surface area contributed by atoms with Gasteiger partial charge in [-0.3, -0.25) is 0 Å². The monoisotopic (exact) mass is 372 g/mol. The van der Waals surface area contributed by atoms with Gasteiger partial charge in [-0.15, -0.1) is 5.10 Å². The molecule has 0 aliphatic carbocycles. The number of rotatable bonds is 5. The maximum absolute atomic E-state index is 4.81. The van der Waals surface area contributed by atoms with E-state index < -0.39 is 0 Å². The third-order valence-electron chi connectivity index (χ3n) is 4.51. The van der Waals surface area contributed by atoms with Crippen molar-refractivity contribution < 1.29 is 0 Å². The summed E-state index contributed by atoms with van der Waals surface area (Å²) in [4.78, 5) is 9.57. The molecule has 0 atom stereocenters. The molecule has 0 amide bonds. The van der Waals surface area contributed by atoms with Gasteiger partial charge in [0.05, 0.1) is 6.54 Å². The largest absolute Gasteiger partial charge is 0.364 e. The average molecular weight is 372 g/mol. The molecule has 6 nitrogen and oxygen atoms in total. The standard InChI is InChI=1S/C22H24N6/c1-22(2,3)21-24-19(23-14-16-10-6-4-7-11-16)18-20(25-21)28(27-26-18)15-17-12-8-5-9-13-17/h4-13H,14-15H2,1-3H3,(H,23,24,25). The number of nitrogens with zero attached hydrogens (tertiary/aromatic N) is 5. The Morgan fingerprint density at radius 1 is 0.857 bits per heavy atom. The summed E-state index contributed by atoms with van der Waals surface area (Å²) in [5, 5.41) is 12.2. The fraction of sp³-hybridized carbons (Fsp3) is 0.273. The highest BCUT2D eigenvalue weighted by molar-refractivity contribution is 5.82. The lowest BCUT2D eigenvalue weighted by molar-refractivity contribution is 0.546. The zero-order chi connectivity index (χ0) is 19.6. The van der Waals surface area contributed by atoms with Crippen LogP contribution in [-0.2, 0) is 18.5 Å². The summed E-state index contributed by atoms with van der Waals surface area (Å²) in [5.41, 5.74) is 3.60. The minimum absolute atomic E-state index is 0.181. The lowest BCUT2D eigenvalue weighted by Gasteiger charge is -2.18. The Labute approximate surface area is 164 Å². The minimum atomic E-state index is -0.181. The Morgan fingerprint density at radius 3 is 2.14 bits per heavy atom. The van der Waals surface area contributed by atoms with Crippen LogP contribution in [0.3, 0.4) is 0 Å². The molecule has 0 aliphatic rings. The van der Waals surface area contributed by atoms with E-state index in [9.17, 15) is 0 Å². The molecule has 4 aromatic rings. The van der Waals surface area contributed by atoms with E-state index in [0.717, 1.165) is 22.9 Å². The van der Waals surface area contributed by atoms with E-state index in [0.29, 0.717) is 18.6 Å². The van der Waals surface area contributed by atoms with Crippen LogP contribution in [0.1, 0.15) is 37.7 Å². The summed E-state index contributed by atoms with van der Waals surface area (Å²) in [6.45, 7) is 7.62. The third-order valence-corrected chi connectivity index (χ3v) is 4.51. The summed E-state index contributed by atoms with van der Waals surface area (Å²) >= 11 is 0. The molecule has 6 heteroatoms. The van der Waals surface area contributed by atoms with Crippen LogP contribution in [0.25, 0.3) is 11.2 Å². The molecular weight excluding hydrogens is 348 g/mol. The molecule has 0 spiro atoms. The van der Waals surface area contributed by atoms with E-state index >= 15 is 0 Å². The Hall–Kier alpha value is -3.28. The van der Waals surface area contributed by atoms with Crippen LogP contribution in [0.5, 0.6) is 0 Å². The molecule has 0 unspecified atom stereocenters. The van der Waals surface area contributed by atoms with Gasteiger partial charge in [0, 0.05) is 12.0 Å². The molecule has 0 bridgehead atoms. The maximum atomic E-state index is 4.81. The zero-order valence-corrected chi connectivity index (χ0v) is 16.4. The second-order valence-corrected chi connectivity index (χ2v) is 7.89. The Morgan fingerprint density at radius 2 is 1.50 bits per heavy atom. The molecule has 0 saturated carbocycles. The summed E-state index contributed by atoms with van der Waals surface area (Å²) in [5.74, 6) is 1.49. The first-order valence-electron chi connectivity index (χ1n) is 9.44. The molecule has 2 aromatic carbocycles. The van der Waals surface area contributed by atoms with Gasteiger partial charge in [-0.2, -0.15) is 0 Å². The number of hydrogen-bond acceptors (Lipinski definition) is 5. The maximum Gasteiger partial charge on any atom is 0.184 e. The first-order chi connectivity index (χ1) is 13.5. The van der Waals surface area contributed by atoms with Crippen LogP contribution in [-0.4, -0.2) is 25.0 Å². The summed E-state index contributed by atoms with van der Waals surface area (Å²) in [6, 6.07) is 20.5. The lowest BCUT2D eigenvalue weighted by Crippen LogP contribution is -2.18. The van der Waals surface area contributed by atoms with Crippen molar-refractivity contribution in [3.05, 3.63) is 77.6 Å². The van der Waals surface area contributed by atoms with Crippen LogP contribution in [0.4, 0.5) is 5.82 Å². The fourth-order valence-corrected chi connectivity index (χ4v) is 2.96. The minimum Gasteiger partial charge on any atom is -0.364 e. The van der Waals surface area contributed by atoms with E-state index in [1.165, 1.54) is 5.56 Å². The molecule has 2 heterocycles. The van der Waals surface area contributed by atoms with Crippen molar-refractivity contribution in [1.29, 1.82) is 0 Å². The molecule has 0 fully saturated rings. The smallest absolute Gasteiger partial charge is 0.184 e. The van der Waals surface area contributed by atoms with Gasteiger partial charge in [-0.05, 0) is 11.1 Å². The van der Waals surface area contributed by atoms with Crippen LogP contribution in [0.2, 0.25) is 0 Å². The van der Waals surface area contributed by atoms with E-state index in [-0.39, 0.29) is 5.41 Å². The van der Waals surface area contributed by atoms with Crippen molar-refractivity contribution in [1.82, 2.24) is 25.0 Å². The van der Waals surface area contributed by atoms with Crippen molar-refractivity contribution in [3.63, 3.8) is 0 Å². The zero-order valence-electron chi connectivity index (χ0n) is 16.4. The van der Waals surface area contributed by atoms with Gasteiger partial charge in [0.2, 0.25) is 0 Å². The quantitative estimate of drug-likeness (QED) is 0.569. The van der Waals surface area contributed by atoms with E-state index in [1.807, 2.05) is 41.1 Å². The molecular formula is C22H24N6. The summed E-state index contributed by atoms with van der Waals surface area (Å²) in [6.07, 6.45) is 0. The average Bonchev–Trinajstić information content (AvgIpc) is 3.10. The fourth-order valence-electron chi connectivity index (χ4n) is 2.96. The van der Waals surface area contributed by atoms with Crippen molar-refractivity contribution in [3.8, 4) is 0 Å². The second kappa shape index (κ2) is 7.38. The van der Waals surface area contributed by atoms with Gasteiger partial charge in [-0.1, -0.05) is 86.6 Å². The Balaban J connectivity index is 1.73. The SMILES string of the molecule is CC(C)(C)c1nc(NCc2ccccc2)c2nnn(Cc3ccccc3)c2n1. The van der Waals surface area contributed by atoms with E-state index in [4.69, 9.17) is 9.97 Å². The van der Waals surface area contributed by atoms with Crippen molar-refractivity contribution in [2.24, 2.45) is 0 Å². The molecule has 0 radical (unpaired) electrons. The molecule has 0 aliphatic heterocycles. The molecule has 142 valence electrons. The highest BCUT2D eigenvalue weighted by Crippen LogP contribution is 2.25. The third kappa shape index (κ3) is 3.86. The predicted molar refractivity (Wildman–Crippen MR) is 111 cm³/mol. The normalized spacial score (nSPS) is 11.7. The molecule has 2 aromatic heterocycles. The van der Waals surface area contributed by atoms with E-state index in [2.05, 4.69) is 60.7 Å². The van der Waals surface area contributed by atoms with Gasteiger partial charge < -0.3 is 5.32 Å². The number of benzene rings is 2. The highest BCUT2D eigenvalue weighted by Gasteiger charge is 2.22. The number of hydrogen-bond donors (Lipinski definition) is 1.